The van der Waals surface area contributed by atoms with Crippen molar-refractivity contribution in [2.24, 2.45) is 0 Å². The van der Waals surface area contributed by atoms with E-state index in [0.717, 1.165) is 22.8 Å². The van der Waals surface area contributed by atoms with Gasteiger partial charge in [-0.1, -0.05) is 277 Å². The van der Waals surface area contributed by atoms with Crippen LogP contribution in [0.25, 0.3) is 0 Å². The fraction of sp³-hybridized carbons (Fsp3) is 0.208. The summed E-state index contributed by atoms with van der Waals surface area (Å²) in [6, 6.07) is 78.4. The first-order valence-electron chi connectivity index (χ1n) is 21.5. The van der Waals surface area contributed by atoms with Crippen molar-refractivity contribution in [3.8, 4) is 0 Å². The van der Waals surface area contributed by atoms with Crippen LogP contribution in [0.3, 0.4) is 0 Å². The fourth-order valence-electron chi connectivity index (χ4n) is 8.62. The molecule has 0 fully saturated rings. The number of hydrogen-bond acceptors (Lipinski definition) is 2. The summed E-state index contributed by atoms with van der Waals surface area (Å²) >= 11 is 0. The van der Waals surface area contributed by atoms with E-state index in [0.29, 0.717) is 0 Å². The van der Waals surface area contributed by atoms with Gasteiger partial charge in [0.1, 0.15) is 0 Å². The molecular weight excluding hydrogens is 753 g/mol. The van der Waals surface area contributed by atoms with Crippen LogP contribution < -0.4 is 36.3 Å². The molecular formula is C53H58O2Si3. The Morgan fingerprint density at radius 3 is 0.897 bits per heavy atom. The molecule has 0 aromatic heterocycles. The lowest BCUT2D eigenvalue weighted by Gasteiger charge is -2.47. The first-order chi connectivity index (χ1) is 28.7. The molecule has 0 aliphatic heterocycles. The van der Waals surface area contributed by atoms with Gasteiger partial charge in [-0.15, -0.1) is 0 Å². The van der Waals surface area contributed by atoms with Crippen molar-refractivity contribution in [2.75, 3.05) is 0 Å². The minimum atomic E-state index is -3.70. The summed E-state index contributed by atoms with van der Waals surface area (Å²) in [5.74, 6) is 0. The van der Waals surface area contributed by atoms with Gasteiger partial charge in [-0.2, -0.15) is 0 Å². The third-order valence-corrected chi connectivity index (χ3v) is 25.7. The average Bonchev–Trinajstić information content (AvgIpc) is 3.31. The topological polar surface area (TPSA) is 18.5 Å². The maximum Gasteiger partial charge on any atom is 0.387 e. The Morgan fingerprint density at radius 1 is 0.293 bits per heavy atom. The van der Waals surface area contributed by atoms with Crippen molar-refractivity contribution in [3.63, 3.8) is 0 Å². The highest BCUT2D eigenvalue weighted by atomic mass is 28.5. The molecule has 0 heterocycles. The van der Waals surface area contributed by atoms with Crippen LogP contribution in [0.15, 0.2) is 212 Å². The highest BCUT2D eigenvalue weighted by Gasteiger charge is 2.58. The normalized spacial score (nSPS) is 12.0. The van der Waals surface area contributed by atoms with Crippen LogP contribution in [-0.2, 0) is 8.23 Å². The van der Waals surface area contributed by atoms with Crippen LogP contribution >= 0.6 is 0 Å². The van der Waals surface area contributed by atoms with E-state index in [1.807, 2.05) is 0 Å². The van der Waals surface area contributed by atoms with Crippen molar-refractivity contribution >= 4 is 61.5 Å². The van der Waals surface area contributed by atoms with Gasteiger partial charge in [-0.25, -0.2) is 0 Å². The van der Waals surface area contributed by atoms with Crippen LogP contribution in [0.2, 0.25) is 6.04 Å². The third kappa shape index (κ3) is 9.36. The van der Waals surface area contributed by atoms with Crippen molar-refractivity contribution in [1.82, 2.24) is 0 Å². The first-order valence-corrected chi connectivity index (χ1v) is 27.3. The Morgan fingerprint density at radius 2 is 0.569 bits per heavy atom. The molecule has 7 rings (SSSR count). The largest absolute Gasteiger partial charge is 0.422 e. The second-order valence-electron chi connectivity index (χ2n) is 15.5. The lowest BCUT2D eigenvalue weighted by Crippen LogP contribution is -2.81. The van der Waals surface area contributed by atoms with Gasteiger partial charge in [0.05, 0.1) is 0 Å². The van der Waals surface area contributed by atoms with E-state index in [9.17, 15) is 0 Å². The zero-order chi connectivity index (χ0) is 39.8. The van der Waals surface area contributed by atoms with Crippen molar-refractivity contribution in [1.29, 1.82) is 0 Å². The highest BCUT2D eigenvalue weighted by molar-refractivity contribution is 7.15. The SMILES string of the molecule is CCCCCCCCCCC[Si](O[Si](O[Si](c1ccccc1)(c1ccccc1)c1ccccc1)(c1ccccc1)c1ccccc1)(c1ccccc1)c1ccccc1. The van der Waals surface area contributed by atoms with Crippen molar-refractivity contribution < 1.29 is 8.23 Å². The third-order valence-electron chi connectivity index (χ3n) is 11.6. The van der Waals surface area contributed by atoms with Crippen LogP contribution in [-0.4, -0.2) is 25.2 Å². The predicted octanol–water partition coefficient (Wildman–Crippen LogP) is 9.23. The average molecular weight is 811 g/mol. The van der Waals surface area contributed by atoms with Gasteiger partial charge in [0.15, 0.2) is 0 Å². The molecule has 0 aliphatic rings. The van der Waals surface area contributed by atoms with Crippen molar-refractivity contribution in [2.45, 2.75) is 70.8 Å². The Labute approximate surface area is 351 Å². The van der Waals surface area contributed by atoms with E-state index >= 15 is 0 Å². The van der Waals surface area contributed by atoms with E-state index in [1.54, 1.807) is 0 Å². The van der Waals surface area contributed by atoms with Gasteiger partial charge >= 0.3 is 8.56 Å². The lowest BCUT2D eigenvalue weighted by molar-refractivity contribution is 0.422. The van der Waals surface area contributed by atoms with Crippen LogP contribution in [0, 0.1) is 0 Å². The molecule has 294 valence electrons. The van der Waals surface area contributed by atoms with Gasteiger partial charge in [-0.3, -0.25) is 0 Å². The number of unbranched alkanes of at least 4 members (excludes halogenated alkanes) is 8. The molecule has 0 saturated heterocycles. The van der Waals surface area contributed by atoms with Crippen LogP contribution in [0.5, 0.6) is 0 Å². The summed E-state index contributed by atoms with van der Waals surface area (Å²) in [7, 11) is -10.1. The van der Waals surface area contributed by atoms with E-state index in [1.165, 1.54) is 77.3 Å². The molecule has 0 bridgehead atoms. The summed E-state index contributed by atoms with van der Waals surface area (Å²) in [6.07, 6.45) is 11.5. The second kappa shape index (κ2) is 20.7. The summed E-state index contributed by atoms with van der Waals surface area (Å²) in [5.41, 5.74) is 0. The summed E-state index contributed by atoms with van der Waals surface area (Å²) in [4.78, 5) is 0. The van der Waals surface area contributed by atoms with Gasteiger partial charge in [0.25, 0.3) is 8.32 Å². The molecule has 5 heteroatoms. The number of rotatable bonds is 21. The molecule has 0 spiro atoms. The Kier molecular flexibility index (Phi) is 14.7. The van der Waals surface area contributed by atoms with Gasteiger partial charge in [-0.05, 0) is 42.4 Å². The van der Waals surface area contributed by atoms with Crippen molar-refractivity contribution in [3.05, 3.63) is 212 Å². The molecule has 7 aromatic rings. The zero-order valence-corrected chi connectivity index (χ0v) is 37.1. The standard InChI is InChI=1S/C53H58O2Si3/c1-2-3-4-5-6-7-8-9-31-46-56(47-32-17-10-18-33-47,48-34-19-11-20-35-48)54-58(52-42-27-15-28-43-52,53-44-29-16-30-45-53)55-57(49-36-21-12-22-37-49,50-38-23-13-24-39-50)51-40-25-14-26-41-51/h10-30,32-45H,2-9,31,46H2,1H3. The number of hydrogen-bond donors (Lipinski definition) is 0. The molecule has 0 aliphatic carbocycles. The van der Waals surface area contributed by atoms with E-state index < -0.39 is 25.2 Å². The first kappa shape index (κ1) is 41.3. The zero-order valence-electron chi connectivity index (χ0n) is 34.1. The minimum Gasteiger partial charge on any atom is -0.422 e. The van der Waals surface area contributed by atoms with Crippen LogP contribution in [0.4, 0.5) is 0 Å². The molecule has 2 nitrogen and oxygen atoms in total. The predicted molar refractivity (Wildman–Crippen MR) is 254 cm³/mol. The summed E-state index contributed by atoms with van der Waals surface area (Å²) < 4.78 is 17.3. The molecule has 0 unspecified atom stereocenters. The Bertz CT molecular complexity index is 2010. The highest BCUT2D eigenvalue weighted by Crippen LogP contribution is 2.27. The quantitative estimate of drug-likeness (QED) is 0.0410. The maximum atomic E-state index is 8.65. The van der Waals surface area contributed by atoms with E-state index in [4.69, 9.17) is 8.23 Å². The van der Waals surface area contributed by atoms with Gasteiger partial charge in [0, 0.05) is 0 Å². The smallest absolute Gasteiger partial charge is 0.387 e. The maximum absolute atomic E-state index is 8.65. The molecule has 0 radical (unpaired) electrons. The minimum absolute atomic E-state index is 0.963. The summed E-state index contributed by atoms with van der Waals surface area (Å²) in [6.45, 7) is 2.29. The fourth-order valence-corrected chi connectivity index (χ4v) is 25.2. The molecule has 0 N–H and O–H groups in total. The molecule has 7 aromatic carbocycles. The number of benzene rings is 7. The lowest BCUT2D eigenvalue weighted by atomic mass is 10.1. The molecule has 0 atom stereocenters. The second-order valence-corrected chi connectivity index (χ2v) is 25.9. The van der Waals surface area contributed by atoms with E-state index in [2.05, 4.69) is 219 Å². The molecule has 0 amide bonds. The Balaban J connectivity index is 1.47. The van der Waals surface area contributed by atoms with Crippen LogP contribution in [0.1, 0.15) is 64.7 Å². The van der Waals surface area contributed by atoms with Gasteiger partial charge < -0.3 is 8.23 Å². The molecule has 0 saturated carbocycles. The van der Waals surface area contributed by atoms with E-state index in [-0.39, 0.29) is 0 Å². The van der Waals surface area contributed by atoms with Gasteiger partial charge in [0.2, 0.25) is 8.32 Å². The Hall–Kier alpha value is -4.89. The molecule has 58 heavy (non-hydrogen) atoms. The monoisotopic (exact) mass is 810 g/mol. The summed E-state index contributed by atoms with van der Waals surface area (Å²) in [5, 5.41) is 8.42.